The monoisotopic (exact) mass is 316 g/mol. The minimum atomic E-state index is -0.348. The number of aryl methyl sites for hydroxylation is 2. The van der Waals surface area contributed by atoms with Gasteiger partial charge >= 0.3 is 0 Å². The minimum Gasteiger partial charge on any atom is -0.483 e. The van der Waals surface area contributed by atoms with Crippen molar-refractivity contribution in [2.75, 3.05) is 13.2 Å². The lowest BCUT2D eigenvalue weighted by molar-refractivity contribution is -0.127. The van der Waals surface area contributed by atoms with E-state index in [0.717, 1.165) is 11.1 Å². The van der Waals surface area contributed by atoms with Gasteiger partial charge in [0.05, 0.1) is 19.4 Å². The van der Waals surface area contributed by atoms with Crippen LogP contribution in [0.1, 0.15) is 16.9 Å². The molecule has 0 bridgehead atoms. The van der Waals surface area contributed by atoms with E-state index in [0.29, 0.717) is 18.1 Å². The van der Waals surface area contributed by atoms with Crippen LogP contribution < -0.4 is 15.4 Å². The third kappa shape index (κ3) is 5.50. The molecular formula is C17H20N2O4. The highest BCUT2D eigenvalue weighted by Crippen LogP contribution is 2.18. The van der Waals surface area contributed by atoms with Gasteiger partial charge < -0.3 is 19.8 Å². The molecule has 0 spiro atoms. The predicted octanol–water partition coefficient (Wildman–Crippen LogP) is 1.71. The number of carbonyl (C=O) groups excluding carboxylic acids is 2. The van der Waals surface area contributed by atoms with Crippen molar-refractivity contribution < 1.29 is 18.7 Å². The molecular weight excluding hydrogens is 296 g/mol. The molecule has 23 heavy (non-hydrogen) atoms. The summed E-state index contributed by atoms with van der Waals surface area (Å²) in [7, 11) is 0. The predicted molar refractivity (Wildman–Crippen MR) is 85.0 cm³/mol. The van der Waals surface area contributed by atoms with Crippen molar-refractivity contribution in [1.29, 1.82) is 0 Å². The molecule has 2 N–H and O–H groups in total. The Kier molecular flexibility index (Phi) is 5.80. The summed E-state index contributed by atoms with van der Waals surface area (Å²) >= 11 is 0. The van der Waals surface area contributed by atoms with Crippen molar-refractivity contribution >= 4 is 11.8 Å². The van der Waals surface area contributed by atoms with Gasteiger partial charge in [-0.2, -0.15) is 0 Å². The molecule has 122 valence electrons. The summed E-state index contributed by atoms with van der Waals surface area (Å²) in [5.74, 6) is 0.686. The SMILES string of the molecule is Cc1ccc(C)c(OCC(=O)NCC(=O)NCc2ccco2)c1. The third-order valence-electron chi connectivity index (χ3n) is 3.19. The Labute approximate surface area is 134 Å². The highest BCUT2D eigenvalue weighted by Gasteiger charge is 2.08. The van der Waals surface area contributed by atoms with Crippen LogP contribution in [0.25, 0.3) is 0 Å². The average molecular weight is 316 g/mol. The van der Waals surface area contributed by atoms with Crippen LogP contribution in [-0.4, -0.2) is 25.0 Å². The van der Waals surface area contributed by atoms with Crippen molar-refractivity contribution in [3.05, 3.63) is 53.5 Å². The molecule has 0 aliphatic carbocycles. The van der Waals surface area contributed by atoms with E-state index in [4.69, 9.17) is 9.15 Å². The van der Waals surface area contributed by atoms with E-state index in [1.54, 1.807) is 12.1 Å². The van der Waals surface area contributed by atoms with Gasteiger partial charge in [-0.3, -0.25) is 9.59 Å². The van der Waals surface area contributed by atoms with Gasteiger partial charge in [0.2, 0.25) is 5.91 Å². The second-order valence-electron chi connectivity index (χ2n) is 5.19. The quantitative estimate of drug-likeness (QED) is 0.815. The lowest BCUT2D eigenvalue weighted by Crippen LogP contribution is -2.38. The van der Waals surface area contributed by atoms with E-state index in [1.807, 2.05) is 32.0 Å². The standard InChI is InChI=1S/C17H20N2O4/c1-12-5-6-13(2)15(8-12)23-11-17(21)19-10-16(20)18-9-14-4-3-7-22-14/h3-8H,9-11H2,1-2H3,(H,18,20)(H,19,21). The van der Waals surface area contributed by atoms with Crippen molar-refractivity contribution in [3.63, 3.8) is 0 Å². The molecule has 1 heterocycles. The molecule has 0 saturated carbocycles. The Bertz CT molecular complexity index is 665. The Morgan fingerprint density at radius 2 is 1.96 bits per heavy atom. The Hall–Kier alpha value is -2.76. The van der Waals surface area contributed by atoms with Crippen LogP contribution in [0.2, 0.25) is 0 Å². The smallest absolute Gasteiger partial charge is 0.258 e. The first kappa shape index (κ1) is 16.6. The molecule has 2 amide bonds. The number of hydrogen-bond donors (Lipinski definition) is 2. The first-order chi connectivity index (χ1) is 11.0. The van der Waals surface area contributed by atoms with Gasteiger partial charge in [0.15, 0.2) is 6.61 Å². The number of amides is 2. The number of furan rings is 1. The molecule has 6 heteroatoms. The largest absolute Gasteiger partial charge is 0.483 e. The lowest BCUT2D eigenvalue weighted by atomic mass is 10.1. The van der Waals surface area contributed by atoms with Gasteiger partial charge in [-0.1, -0.05) is 12.1 Å². The van der Waals surface area contributed by atoms with Crippen LogP contribution in [0, 0.1) is 13.8 Å². The number of carbonyl (C=O) groups is 2. The van der Waals surface area contributed by atoms with Gasteiger partial charge in [-0.25, -0.2) is 0 Å². The van der Waals surface area contributed by atoms with E-state index < -0.39 is 0 Å². The van der Waals surface area contributed by atoms with Crippen LogP contribution >= 0.6 is 0 Å². The van der Waals surface area contributed by atoms with Gasteiger partial charge in [0, 0.05) is 0 Å². The van der Waals surface area contributed by atoms with Gasteiger partial charge in [0.1, 0.15) is 11.5 Å². The highest BCUT2D eigenvalue weighted by molar-refractivity contribution is 5.85. The summed E-state index contributed by atoms with van der Waals surface area (Å²) in [6, 6.07) is 9.29. The molecule has 0 radical (unpaired) electrons. The van der Waals surface area contributed by atoms with Crippen LogP contribution in [0.3, 0.4) is 0 Å². The molecule has 0 unspecified atom stereocenters. The number of benzene rings is 1. The van der Waals surface area contributed by atoms with E-state index in [9.17, 15) is 9.59 Å². The van der Waals surface area contributed by atoms with E-state index >= 15 is 0 Å². The van der Waals surface area contributed by atoms with Crippen LogP contribution in [0.5, 0.6) is 5.75 Å². The van der Waals surface area contributed by atoms with E-state index in [2.05, 4.69) is 10.6 Å². The number of nitrogens with one attached hydrogen (secondary N) is 2. The maximum Gasteiger partial charge on any atom is 0.258 e. The summed E-state index contributed by atoms with van der Waals surface area (Å²) in [6.07, 6.45) is 1.54. The summed E-state index contributed by atoms with van der Waals surface area (Å²) in [5, 5.41) is 5.15. The fourth-order valence-corrected chi connectivity index (χ4v) is 1.90. The maximum absolute atomic E-state index is 11.7. The van der Waals surface area contributed by atoms with Crippen molar-refractivity contribution in [2.24, 2.45) is 0 Å². The van der Waals surface area contributed by atoms with E-state index in [-0.39, 0.29) is 25.0 Å². The summed E-state index contributed by atoms with van der Waals surface area (Å²) in [5.41, 5.74) is 2.02. The van der Waals surface area contributed by atoms with Crippen LogP contribution in [0.15, 0.2) is 41.0 Å². The Morgan fingerprint density at radius 1 is 1.13 bits per heavy atom. The second kappa shape index (κ2) is 8.03. The molecule has 0 aliphatic rings. The first-order valence-corrected chi connectivity index (χ1v) is 7.30. The topological polar surface area (TPSA) is 80.6 Å². The first-order valence-electron chi connectivity index (χ1n) is 7.30. The Balaban J connectivity index is 1.68. The van der Waals surface area contributed by atoms with Crippen LogP contribution in [-0.2, 0) is 16.1 Å². The summed E-state index contributed by atoms with van der Waals surface area (Å²) < 4.78 is 10.6. The fourth-order valence-electron chi connectivity index (χ4n) is 1.90. The molecule has 0 fully saturated rings. The molecule has 0 saturated heterocycles. The lowest BCUT2D eigenvalue weighted by Gasteiger charge is -2.10. The molecule has 6 nitrogen and oxygen atoms in total. The molecule has 1 aromatic carbocycles. The fraction of sp³-hybridized carbons (Fsp3) is 0.294. The maximum atomic E-state index is 11.7. The van der Waals surface area contributed by atoms with Crippen molar-refractivity contribution in [3.8, 4) is 5.75 Å². The van der Waals surface area contributed by atoms with E-state index in [1.165, 1.54) is 6.26 Å². The minimum absolute atomic E-state index is 0.101. The zero-order valence-electron chi connectivity index (χ0n) is 13.2. The molecule has 1 aromatic heterocycles. The van der Waals surface area contributed by atoms with Crippen molar-refractivity contribution in [1.82, 2.24) is 10.6 Å². The molecule has 0 aliphatic heterocycles. The molecule has 2 aromatic rings. The molecule has 0 atom stereocenters. The number of hydrogen-bond acceptors (Lipinski definition) is 4. The number of ether oxygens (including phenoxy) is 1. The summed E-state index contributed by atoms with van der Waals surface area (Å²) in [6.45, 7) is 3.93. The normalized spacial score (nSPS) is 10.2. The number of rotatable bonds is 7. The second-order valence-corrected chi connectivity index (χ2v) is 5.19. The highest BCUT2D eigenvalue weighted by atomic mass is 16.5. The van der Waals surface area contributed by atoms with Crippen LogP contribution in [0.4, 0.5) is 0 Å². The van der Waals surface area contributed by atoms with Gasteiger partial charge in [-0.15, -0.1) is 0 Å². The third-order valence-corrected chi connectivity index (χ3v) is 3.19. The Morgan fingerprint density at radius 3 is 2.70 bits per heavy atom. The van der Waals surface area contributed by atoms with Gasteiger partial charge in [-0.05, 0) is 43.2 Å². The summed E-state index contributed by atoms with van der Waals surface area (Å²) in [4.78, 5) is 23.3. The molecule has 2 rings (SSSR count). The van der Waals surface area contributed by atoms with Crippen molar-refractivity contribution in [2.45, 2.75) is 20.4 Å². The zero-order valence-corrected chi connectivity index (χ0v) is 13.2. The van der Waals surface area contributed by atoms with Gasteiger partial charge in [0.25, 0.3) is 5.91 Å². The zero-order chi connectivity index (χ0) is 16.7. The average Bonchev–Trinajstić information content (AvgIpc) is 3.05.